The van der Waals surface area contributed by atoms with E-state index < -0.39 is 36.1 Å². The lowest BCUT2D eigenvalue weighted by molar-refractivity contribution is -0.148. The molecule has 114 valence electrons. The molecule has 0 bridgehead atoms. The van der Waals surface area contributed by atoms with E-state index in [1.54, 1.807) is 0 Å². The minimum atomic E-state index is -1.17. The summed E-state index contributed by atoms with van der Waals surface area (Å²) in [5, 5.41) is 20.9. The zero-order chi connectivity index (χ0) is 15.3. The second-order valence-corrected chi connectivity index (χ2v) is 5.56. The number of likely N-dealkylation sites (tertiary alicyclic amines) is 1. The molecule has 5 N–H and O–H groups in total. The van der Waals surface area contributed by atoms with E-state index in [-0.39, 0.29) is 13.0 Å². The molecule has 1 aliphatic heterocycles. The number of carboxylic acid groups (broad SMARTS) is 1. The van der Waals surface area contributed by atoms with Crippen molar-refractivity contribution in [2.45, 2.75) is 31.0 Å². The Morgan fingerprint density at radius 3 is 2.65 bits per heavy atom. The van der Waals surface area contributed by atoms with Gasteiger partial charge in [0.1, 0.15) is 12.1 Å². The van der Waals surface area contributed by atoms with Gasteiger partial charge in [-0.25, -0.2) is 9.59 Å². The van der Waals surface area contributed by atoms with Crippen LogP contribution in [0.2, 0.25) is 0 Å². The maximum absolute atomic E-state index is 12.3. The number of nitrogens with zero attached hydrogens (tertiary/aromatic N) is 1. The van der Waals surface area contributed by atoms with Gasteiger partial charge in [-0.1, -0.05) is 0 Å². The number of β-amino-alcohol motifs (C(OH)–C–C–N with tert-alkyl or cyclic N) is 1. The zero-order valence-corrected chi connectivity index (χ0v) is 11.9. The monoisotopic (exact) mass is 305 g/mol. The number of carbonyl (C=O) groups excluding carboxylic acids is 2. The molecule has 0 radical (unpaired) electrons. The number of rotatable bonds is 6. The SMILES string of the molecule is CSCCC(NC(N)=O)C(=O)N1C[C@@H](O)C[C@H]1C(=O)O. The van der Waals surface area contributed by atoms with Crippen LogP contribution < -0.4 is 11.1 Å². The third-order valence-corrected chi connectivity index (χ3v) is 3.72. The van der Waals surface area contributed by atoms with Crippen LogP contribution in [0.25, 0.3) is 0 Å². The normalized spacial score (nSPS) is 23.4. The Morgan fingerprint density at radius 1 is 1.50 bits per heavy atom. The number of carboxylic acids is 1. The van der Waals surface area contributed by atoms with E-state index in [2.05, 4.69) is 5.32 Å². The molecule has 1 saturated heterocycles. The van der Waals surface area contributed by atoms with Crippen molar-refractivity contribution in [2.75, 3.05) is 18.6 Å². The van der Waals surface area contributed by atoms with Crippen LogP contribution in [-0.2, 0) is 9.59 Å². The molecule has 1 unspecified atom stereocenters. The Kier molecular flexibility index (Phi) is 6.08. The van der Waals surface area contributed by atoms with Crippen LogP contribution in [0.4, 0.5) is 4.79 Å². The Labute approximate surface area is 120 Å². The molecule has 1 fully saturated rings. The first-order valence-electron chi connectivity index (χ1n) is 6.13. The topological polar surface area (TPSA) is 133 Å². The molecule has 0 aliphatic carbocycles. The second-order valence-electron chi connectivity index (χ2n) is 4.58. The van der Waals surface area contributed by atoms with Gasteiger partial charge >= 0.3 is 12.0 Å². The van der Waals surface area contributed by atoms with Crippen molar-refractivity contribution in [3.63, 3.8) is 0 Å². The fourth-order valence-electron chi connectivity index (χ4n) is 2.16. The number of amides is 3. The van der Waals surface area contributed by atoms with Crippen molar-refractivity contribution >= 4 is 29.7 Å². The molecule has 3 atom stereocenters. The van der Waals surface area contributed by atoms with Gasteiger partial charge in [-0.05, 0) is 18.4 Å². The van der Waals surface area contributed by atoms with Crippen LogP contribution in [-0.4, -0.2) is 69.8 Å². The number of thioether (sulfide) groups is 1. The molecule has 3 amide bonds. The summed E-state index contributed by atoms with van der Waals surface area (Å²) >= 11 is 1.50. The predicted molar refractivity (Wildman–Crippen MR) is 73.3 cm³/mol. The van der Waals surface area contributed by atoms with Gasteiger partial charge in [0.05, 0.1) is 6.10 Å². The number of nitrogens with one attached hydrogen (secondary N) is 1. The number of aliphatic hydroxyl groups excluding tert-OH is 1. The van der Waals surface area contributed by atoms with Crippen LogP contribution in [0.5, 0.6) is 0 Å². The van der Waals surface area contributed by atoms with Gasteiger partial charge in [0.2, 0.25) is 5.91 Å². The number of hydrogen-bond donors (Lipinski definition) is 4. The smallest absolute Gasteiger partial charge is 0.326 e. The summed E-state index contributed by atoms with van der Waals surface area (Å²) in [6.07, 6.45) is 1.33. The molecule has 1 aliphatic rings. The highest BCUT2D eigenvalue weighted by Crippen LogP contribution is 2.20. The number of urea groups is 1. The Morgan fingerprint density at radius 2 is 2.15 bits per heavy atom. The molecule has 0 saturated carbocycles. The first-order valence-corrected chi connectivity index (χ1v) is 7.52. The number of aliphatic carboxylic acids is 1. The van der Waals surface area contributed by atoms with Crippen molar-refractivity contribution in [1.29, 1.82) is 0 Å². The largest absolute Gasteiger partial charge is 0.480 e. The van der Waals surface area contributed by atoms with E-state index in [1.165, 1.54) is 11.8 Å². The van der Waals surface area contributed by atoms with Crippen LogP contribution in [0, 0.1) is 0 Å². The molecule has 0 spiro atoms. The van der Waals surface area contributed by atoms with Crippen LogP contribution in [0.1, 0.15) is 12.8 Å². The van der Waals surface area contributed by atoms with Crippen molar-refractivity contribution in [1.82, 2.24) is 10.2 Å². The number of primary amides is 1. The summed E-state index contributed by atoms with van der Waals surface area (Å²) in [6.45, 7) is -0.0496. The van der Waals surface area contributed by atoms with Crippen LogP contribution in [0.3, 0.4) is 0 Å². The van der Waals surface area contributed by atoms with E-state index >= 15 is 0 Å². The summed E-state index contributed by atoms with van der Waals surface area (Å²) in [7, 11) is 0. The summed E-state index contributed by atoms with van der Waals surface area (Å²) in [5.41, 5.74) is 5.03. The van der Waals surface area contributed by atoms with Crippen LogP contribution >= 0.6 is 11.8 Å². The summed E-state index contributed by atoms with van der Waals surface area (Å²) in [4.78, 5) is 35.4. The number of aliphatic hydroxyl groups is 1. The van der Waals surface area contributed by atoms with Crippen LogP contribution in [0.15, 0.2) is 0 Å². The lowest BCUT2D eigenvalue weighted by Crippen LogP contribution is -2.53. The van der Waals surface area contributed by atoms with E-state index in [0.29, 0.717) is 12.2 Å². The maximum atomic E-state index is 12.3. The highest BCUT2D eigenvalue weighted by atomic mass is 32.2. The third kappa shape index (κ3) is 4.27. The fraction of sp³-hybridized carbons (Fsp3) is 0.727. The summed E-state index contributed by atoms with van der Waals surface area (Å²) in [5.74, 6) is -1.08. The fourth-order valence-corrected chi connectivity index (χ4v) is 2.63. The molecule has 8 nitrogen and oxygen atoms in total. The number of nitrogens with two attached hydrogens (primary N) is 1. The molecule has 20 heavy (non-hydrogen) atoms. The standard InChI is InChI=1S/C11H19N3O5S/c1-20-3-2-7(13-11(12)19)9(16)14-5-6(15)4-8(14)10(17)18/h6-8,15H,2-5H2,1H3,(H,17,18)(H3,12,13,19)/t6-,7?,8-/m0/s1. The number of hydrogen-bond acceptors (Lipinski definition) is 5. The summed E-state index contributed by atoms with van der Waals surface area (Å²) < 4.78 is 0. The molecule has 9 heteroatoms. The Hall–Kier alpha value is -1.48. The van der Waals surface area contributed by atoms with Gasteiger partial charge in [-0.2, -0.15) is 11.8 Å². The minimum absolute atomic E-state index is 0.00705. The van der Waals surface area contributed by atoms with Crippen molar-refractivity contribution in [3.8, 4) is 0 Å². The van der Waals surface area contributed by atoms with Gasteiger partial charge in [-0.15, -0.1) is 0 Å². The average molecular weight is 305 g/mol. The van der Waals surface area contributed by atoms with E-state index in [0.717, 1.165) is 4.90 Å². The second kappa shape index (κ2) is 7.34. The van der Waals surface area contributed by atoms with Crippen molar-refractivity contribution in [2.24, 2.45) is 5.73 Å². The Bertz CT molecular complexity index is 392. The zero-order valence-electron chi connectivity index (χ0n) is 11.1. The number of carbonyl (C=O) groups is 3. The molecular formula is C11H19N3O5S. The lowest BCUT2D eigenvalue weighted by Gasteiger charge is -2.26. The Balaban J connectivity index is 2.81. The molecule has 0 aromatic rings. The highest BCUT2D eigenvalue weighted by molar-refractivity contribution is 7.98. The van der Waals surface area contributed by atoms with E-state index in [4.69, 9.17) is 10.8 Å². The van der Waals surface area contributed by atoms with Gasteiger partial charge in [-0.3, -0.25) is 4.79 Å². The predicted octanol–water partition coefficient (Wildman–Crippen LogP) is -1.18. The van der Waals surface area contributed by atoms with Crippen molar-refractivity contribution in [3.05, 3.63) is 0 Å². The third-order valence-electron chi connectivity index (χ3n) is 3.07. The highest BCUT2D eigenvalue weighted by Gasteiger charge is 2.41. The molecule has 1 heterocycles. The van der Waals surface area contributed by atoms with Gasteiger partial charge in [0.15, 0.2) is 0 Å². The average Bonchev–Trinajstić information content (AvgIpc) is 2.75. The first kappa shape index (κ1) is 16.6. The van der Waals surface area contributed by atoms with E-state index in [1.807, 2.05) is 6.26 Å². The summed E-state index contributed by atoms with van der Waals surface area (Å²) in [6, 6.07) is -2.77. The maximum Gasteiger partial charge on any atom is 0.326 e. The van der Waals surface area contributed by atoms with Crippen molar-refractivity contribution < 1.29 is 24.6 Å². The molecule has 0 aromatic carbocycles. The van der Waals surface area contributed by atoms with E-state index in [9.17, 15) is 19.5 Å². The van der Waals surface area contributed by atoms with Gasteiger partial charge in [0, 0.05) is 13.0 Å². The minimum Gasteiger partial charge on any atom is -0.480 e. The first-order chi connectivity index (χ1) is 9.36. The molecular weight excluding hydrogens is 286 g/mol. The lowest BCUT2D eigenvalue weighted by atomic mass is 10.1. The quantitative estimate of drug-likeness (QED) is 0.488. The molecule has 1 rings (SSSR count). The van der Waals surface area contributed by atoms with Gasteiger partial charge < -0.3 is 26.2 Å². The van der Waals surface area contributed by atoms with Gasteiger partial charge in [0.25, 0.3) is 0 Å². The molecule has 0 aromatic heterocycles.